The molecule has 0 aliphatic carbocycles. The van der Waals surface area contributed by atoms with Crippen LogP contribution in [0.25, 0.3) is 0 Å². The van der Waals surface area contributed by atoms with Crippen LogP contribution in [0.3, 0.4) is 0 Å². The van der Waals surface area contributed by atoms with E-state index < -0.39 is 41.1 Å². The van der Waals surface area contributed by atoms with E-state index in [0.717, 1.165) is 0 Å². The summed E-state index contributed by atoms with van der Waals surface area (Å²) < 4.78 is 5.37. The second kappa shape index (κ2) is 11.5. The molecule has 0 radical (unpaired) electrons. The van der Waals surface area contributed by atoms with Gasteiger partial charge in [-0.15, -0.1) is 0 Å². The fraction of sp³-hybridized carbons (Fsp3) is 0.464. The number of ether oxygens (including phenoxy) is 1. The number of phenolic OH excluding ortho intramolecular Hbond substituents is 2. The van der Waals surface area contributed by atoms with Crippen molar-refractivity contribution < 1.29 is 29.3 Å². The molecule has 202 valence electrons. The first-order valence-electron chi connectivity index (χ1n) is 12.1. The smallest absolute Gasteiger partial charge is 0.408 e. The van der Waals surface area contributed by atoms with E-state index >= 15 is 0 Å². The van der Waals surface area contributed by atoms with Crippen molar-refractivity contribution in [2.75, 3.05) is 7.05 Å². The summed E-state index contributed by atoms with van der Waals surface area (Å²) in [4.78, 5) is 41.2. The summed E-state index contributed by atoms with van der Waals surface area (Å²) in [5, 5.41) is 25.2. The summed E-state index contributed by atoms with van der Waals surface area (Å²) in [6, 6.07) is 8.92. The van der Waals surface area contributed by atoms with Crippen LogP contribution in [0, 0.1) is 6.92 Å². The number of hydrogen-bond donors (Lipinski definition) is 4. The van der Waals surface area contributed by atoms with Crippen molar-refractivity contribution in [1.29, 1.82) is 0 Å². The normalized spacial score (nSPS) is 13.3. The summed E-state index contributed by atoms with van der Waals surface area (Å²) in [5.41, 5.74) is 0.413. The molecule has 0 aromatic heterocycles. The number of aryl methyl sites for hydroxylation is 1. The highest BCUT2D eigenvalue weighted by molar-refractivity contribution is 5.92. The first-order chi connectivity index (χ1) is 17.0. The summed E-state index contributed by atoms with van der Waals surface area (Å²) in [5.74, 6) is -0.775. The van der Waals surface area contributed by atoms with Crippen molar-refractivity contribution in [1.82, 2.24) is 15.5 Å². The number of likely N-dealkylation sites (N-methyl/N-ethyl adjacent to an activating group) is 1. The van der Waals surface area contributed by atoms with Crippen molar-refractivity contribution in [3.8, 4) is 11.5 Å². The number of carbonyl (C=O) groups is 3. The van der Waals surface area contributed by atoms with Crippen LogP contribution in [0.1, 0.15) is 64.3 Å². The molecule has 2 unspecified atom stereocenters. The minimum Gasteiger partial charge on any atom is -0.508 e. The molecule has 0 heterocycles. The lowest BCUT2D eigenvalue weighted by Crippen LogP contribution is -2.54. The Morgan fingerprint density at radius 1 is 0.973 bits per heavy atom. The van der Waals surface area contributed by atoms with Gasteiger partial charge in [-0.25, -0.2) is 4.79 Å². The number of amides is 3. The van der Waals surface area contributed by atoms with E-state index in [4.69, 9.17) is 4.74 Å². The highest BCUT2D eigenvalue weighted by atomic mass is 16.6. The first-order valence-corrected chi connectivity index (χ1v) is 12.1. The Kier molecular flexibility index (Phi) is 9.19. The van der Waals surface area contributed by atoms with E-state index in [-0.39, 0.29) is 17.9 Å². The van der Waals surface area contributed by atoms with E-state index in [1.807, 2.05) is 20.8 Å². The number of hydrogen-bond acceptors (Lipinski definition) is 6. The van der Waals surface area contributed by atoms with E-state index in [1.54, 1.807) is 52.0 Å². The molecule has 0 fully saturated rings. The van der Waals surface area contributed by atoms with Crippen LogP contribution < -0.4 is 10.6 Å². The number of carbonyl (C=O) groups excluding carboxylic acids is 3. The zero-order chi connectivity index (χ0) is 28.1. The van der Waals surface area contributed by atoms with Gasteiger partial charge in [-0.1, -0.05) is 18.2 Å². The highest BCUT2D eigenvalue weighted by Gasteiger charge is 2.35. The molecule has 2 aromatic rings. The molecule has 2 aromatic carbocycles. The SMILES string of the molecule is Cc1cc(C(C(=O)NC(C)(C)C)N(C)C(=O)C(Cc2ccc(O)cc2)NC(=O)OC(C)(C)C)ccc1O. The molecule has 3 amide bonds. The average Bonchev–Trinajstić information content (AvgIpc) is 2.74. The number of nitrogens with one attached hydrogen (secondary N) is 2. The van der Waals surface area contributed by atoms with Crippen LogP contribution in [0.2, 0.25) is 0 Å². The fourth-order valence-electron chi connectivity index (χ4n) is 3.73. The maximum Gasteiger partial charge on any atom is 0.408 e. The lowest BCUT2D eigenvalue weighted by Gasteiger charge is -2.33. The van der Waals surface area contributed by atoms with Gasteiger partial charge in [0.15, 0.2) is 0 Å². The number of benzene rings is 2. The second-order valence-electron chi connectivity index (χ2n) is 11.2. The Morgan fingerprint density at radius 3 is 2.08 bits per heavy atom. The van der Waals surface area contributed by atoms with Crippen LogP contribution in [0.15, 0.2) is 42.5 Å². The number of phenols is 2. The van der Waals surface area contributed by atoms with Crippen molar-refractivity contribution in [2.45, 2.75) is 78.1 Å². The van der Waals surface area contributed by atoms with E-state index in [1.165, 1.54) is 30.1 Å². The molecule has 0 saturated heterocycles. The molecule has 4 N–H and O–H groups in total. The molecule has 0 spiro atoms. The van der Waals surface area contributed by atoms with Gasteiger partial charge in [0.25, 0.3) is 0 Å². The number of rotatable bonds is 7. The molecule has 0 saturated carbocycles. The minimum atomic E-state index is -1.06. The van der Waals surface area contributed by atoms with Crippen molar-refractivity contribution in [3.63, 3.8) is 0 Å². The topological polar surface area (TPSA) is 128 Å². The summed E-state index contributed by atoms with van der Waals surface area (Å²) in [7, 11) is 1.50. The van der Waals surface area contributed by atoms with Gasteiger partial charge in [-0.05, 0) is 89.4 Å². The predicted molar refractivity (Wildman–Crippen MR) is 141 cm³/mol. The Balaban J connectivity index is 2.46. The molecule has 0 aliphatic heterocycles. The number of nitrogens with zero attached hydrogens (tertiary/aromatic N) is 1. The third-order valence-electron chi connectivity index (χ3n) is 5.38. The Morgan fingerprint density at radius 2 is 1.57 bits per heavy atom. The third-order valence-corrected chi connectivity index (χ3v) is 5.38. The van der Waals surface area contributed by atoms with Gasteiger partial charge < -0.3 is 30.5 Å². The summed E-state index contributed by atoms with van der Waals surface area (Å²) in [6.45, 7) is 12.4. The molecule has 37 heavy (non-hydrogen) atoms. The minimum absolute atomic E-state index is 0.0736. The molecule has 9 heteroatoms. The molecular formula is C28H39N3O6. The largest absolute Gasteiger partial charge is 0.508 e. The molecular weight excluding hydrogens is 474 g/mol. The van der Waals surface area contributed by atoms with Crippen molar-refractivity contribution in [2.24, 2.45) is 0 Å². The molecule has 9 nitrogen and oxygen atoms in total. The fourth-order valence-corrected chi connectivity index (χ4v) is 3.73. The van der Waals surface area contributed by atoms with Crippen LogP contribution in [-0.2, 0) is 20.7 Å². The molecule has 0 aliphatic rings. The average molecular weight is 514 g/mol. The standard InChI is InChI=1S/C28H39N3O6/c1-17-15-19(11-14-22(17)33)23(24(34)30-27(2,3)4)31(8)25(35)21(29-26(36)37-28(5,6)7)16-18-9-12-20(32)13-10-18/h9-15,21,23,32-33H,16H2,1-8H3,(H,29,36)(H,30,34). The number of aromatic hydroxyl groups is 2. The van der Waals surface area contributed by atoms with E-state index in [2.05, 4.69) is 10.6 Å². The monoisotopic (exact) mass is 513 g/mol. The first kappa shape index (κ1) is 29.5. The Bertz CT molecular complexity index is 1120. The Hall–Kier alpha value is -3.75. The van der Waals surface area contributed by atoms with Crippen molar-refractivity contribution in [3.05, 3.63) is 59.2 Å². The zero-order valence-corrected chi connectivity index (χ0v) is 22.9. The Labute approximate surface area is 218 Å². The van der Waals surface area contributed by atoms with Gasteiger partial charge in [-0.3, -0.25) is 9.59 Å². The van der Waals surface area contributed by atoms with E-state index in [0.29, 0.717) is 16.7 Å². The quantitative estimate of drug-likeness (QED) is 0.444. The van der Waals surface area contributed by atoms with Crippen LogP contribution in [0.5, 0.6) is 11.5 Å². The summed E-state index contributed by atoms with van der Waals surface area (Å²) >= 11 is 0. The van der Waals surface area contributed by atoms with Gasteiger partial charge in [0.05, 0.1) is 0 Å². The van der Waals surface area contributed by atoms with Crippen LogP contribution in [0.4, 0.5) is 4.79 Å². The highest BCUT2D eigenvalue weighted by Crippen LogP contribution is 2.27. The van der Waals surface area contributed by atoms with Crippen molar-refractivity contribution >= 4 is 17.9 Å². The maximum atomic E-state index is 13.8. The molecule has 0 bridgehead atoms. The lowest BCUT2D eigenvalue weighted by atomic mass is 9.98. The van der Waals surface area contributed by atoms with Gasteiger partial charge in [0.2, 0.25) is 11.8 Å². The second-order valence-corrected chi connectivity index (χ2v) is 11.2. The van der Waals surface area contributed by atoms with E-state index in [9.17, 15) is 24.6 Å². The van der Waals surface area contributed by atoms with Gasteiger partial charge in [-0.2, -0.15) is 0 Å². The third kappa shape index (κ3) is 9.00. The summed E-state index contributed by atoms with van der Waals surface area (Å²) in [6.07, 6.45) is -0.667. The lowest BCUT2D eigenvalue weighted by molar-refractivity contribution is -0.141. The van der Waals surface area contributed by atoms with Crippen LogP contribution in [-0.4, -0.2) is 57.3 Å². The molecule has 2 atom stereocenters. The van der Waals surface area contributed by atoms with Gasteiger partial charge >= 0.3 is 6.09 Å². The van der Waals surface area contributed by atoms with Crippen LogP contribution >= 0.6 is 0 Å². The number of alkyl carbamates (subject to hydrolysis) is 1. The van der Waals surface area contributed by atoms with Gasteiger partial charge in [0.1, 0.15) is 29.2 Å². The zero-order valence-electron chi connectivity index (χ0n) is 22.9. The maximum absolute atomic E-state index is 13.8. The van der Waals surface area contributed by atoms with Gasteiger partial charge in [0, 0.05) is 19.0 Å². The molecule has 2 rings (SSSR count). The predicted octanol–water partition coefficient (Wildman–Crippen LogP) is 3.96.